The highest BCUT2D eigenvalue weighted by atomic mass is 16.5. The van der Waals surface area contributed by atoms with Gasteiger partial charge in [0.1, 0.15) is 6.10 Å². The van der Waals surface area contributed by atoms with Crippen molar-refractivity contribution in [2.24, 2.45) is 62.2 Å². The van der Waals surface area contributed by atoms with Gasteiger partial charge in [-0.15, -0.1) is 0 Å². The lowest BCUT2D eigenvalue weighted by atomic mass is 9.40. The Morgan fingerprint density at radius 1 is 0.981 bits per heavy atom. The van der Waals surface area contributed by atoms with Crippen LogP contribution in [0.5, 0.6) is 0 Å². The maximum Gasteiger partial charge on any atom is 0.309 e. The average molecular weight is 731 g/mol. The summed E-state index contributed by atoms with van der Waals surface area (Å²) in [6, 6.07) is 0. The molecule has 0 bridgehead atoms. The number of ether oxygens (including phenoxy) is 1. The lowest BCUT2D eigenvalue weighted by Crippen LogP contribution is -2.59. The third-order valence-electron chi connectivity index (χ3n) is 15.3. The molecule has 8 unspecified atom stereocenters. The first-order valence-corrected chi connectivity index (χ1v) is 20.7. The van der Waals surface area contributed by atoms with E-state index in [9.17, 15) is 24.3 Å². The van der Waals surface area contributed by atoms with Crippen molar-refractivity contribution in [2.75, 3.05) is 7.05 Å². The number of fused-ring (bicyclic) bond motifs is 7. The SMILES string of the molecule is CC/C=C\C(=NC)C1(NC(=O)/C=C/C23CCC4C(CCC5C4CCC4C(C)(C)C(OC(=O)CC(C)(C)C(=O)O)CCC54C)C2=C(C(C)C)C(=O)C3)CC1. The molecule has 0 aromatic carbocycles. The molecule has 8 heteroatoms. The van der Waals surface area contributed by atoms with Crippen molar-refractivity contribution in [3.05, 3.63) is 35.5 Å². The topological polar surface area (TPSA) is 122 Å². The van der Waals surface area contributed by atoms with Crippen LogP contribution < -0.4 is 5.32 Å². The van der Waals surface area contributed by atoms with Crippen molar-refractivity contribution in [3.63, 3.8) is 0 Å². The second kappa shape index (κ2) is 14.2. The number of rotatable bonds is 11. The first kappa shape index (κ1) is 39.7. The van der Waals surface area contributed by atoms with E-state index in [4.69, 9.17) is 4.74 Å². The maximum absolute atomic E-state index is 13.9. The number of carboxylic acids is 1. The summed E-state index contributed by atoms with van der Waals surface area (Å²) in [5.41, 5.74) is 1.29. The second-order valence-electron chi connectivity index (χ2n) is 19.6. The highest BCUT2D eigenvalue weighted by Gasteiger charge is 2.63. The minimum Gasteiger partial charge on any atom is -0.481 e. The number of carbonyl (C=O) groups is 4. The van der Waals surface area contributed by atoms with Crippen molar-refractivity contribution < 1.29 is 29.0 Å². The van der Waals surface area contributed by atoms with Crippen LogP contribution in [0.15, 0.2) is 40.4 Å². The molecule has 292 valence electrons. The molecule has 0 aromatic heterocycles. The van der Waals surface area contributed by atoms with Gasteiger partial charge in [-0.3, -0.25) is 24.2 Å². The zero-order valence-corrected chi connectivity index (χ0v) is 34.0. The average Bonchev–Trinajstić information content (AvgIpc) is 3.78. The normalized spacial score (nSPS) is 36.2. The molecule has 0 aromatic rings. The molecule has 0 spiro atoms. The van der Waals surface area contributed by atoms with E-state index in [1.807, 2.05) is 6.08 Å². The van der Waals surface area contributed by atoms with Crippen LogP contribution >= 0.6 is 0 Å². The zero-order chi connectivity index (χ0) is 38.7. The summed E-state index contributed by atoms with van der Waals surface area (Å²) in [6.07, 6.45) is 19.0. The van der Waals surface area contributed by atoms with Crippen LogP contribution in [0.3, 0.4) is 0 Å². The summed E-state index contributed by atoms with van der Waals surface area (Å²) >= 11 is 0. The Labute approximate surface area is 318 Å². The van der Waals surface area contributed by atoms with E-state index in [1.165, 1.54) is 5.57 Å². The summed E-state index contributed by atoms with van der Waals surface area (Å²) < 4.78 is 6.13. The van der Waals surface area contributed by atoms with Gasteiger partial charge >= 0.3 is 11.9 Å². The largest absolute Gasteiger partial charge is 0.481 e. The number of nitrogens with zero attached hydrogens (tertiary/aromatic N) is 1. The molecule has 8 nitrogen and oxygen atoms in total. The van der Waals surface area contributed by atoms with Gasteiger partial charge < -0.3 is 15.2 Å². The Balaban J connectivity index is 1.21. The van der Waals surface area contributed by atoms with E-state index in [0.717, 1.165) is 81.9 Å². The summed E-state index contributed by atoms with van der Waals surface area (Å²) in [5.74, 6) is 1.36. The Hall–Kier alpha value is -3.03. The van der Waals surface area contributed by atoms with E-state index in [1.54, 1.807) is 27.0 Å². The summed E-state index contributed by atoms with van der Waals surface area (Å²) in [5, 5.41) is 12.9. The van der Waals surface area contributed by atoms with Gasteiger partial charge in [0.05, 0.1) is 23.1 Å². The number of hydrogen-bond donors (Lipinski definition) is 2. The molecule has 0 aliphatic heterocycles. The third kappa shape index (κ3) is 6.92. The van der Waals surface area contributed by atoms with Crippen LogP contribution in [-0.4, -0.2) is 53.1 Å². The Kier molecular flexibility index (Phi) is 10.7. The molecule has 8 atom stereocenters. The van der Waals surface area contributed by atoms with E-state index < -0.39 is 17.4 Å². The number of nitrogens with one attached hydrogen (secondary N) is 1. The van der Waals surface area contributed by atoms with Crippen molar-refractivity contribution >= 4 is 29.3 Å². The molecule has 6 aliphatic rings. The van der Waals surface area contributed by atoms with Crippen molar-refractivity contribution in [3.8, 4) is 0 Å². The molecule has 0 saturated heterocycles. The van der Waals surface area contributed by atoms with Gasteiger partial charge in [-0.05, 0) is 149 Å². The minimum atomic E-state index is -1.16. The zero-order valence-electron chi connectivity index (χ0n) is 34.0. The van der Waals surface area contributed by atoms with Crippen LogP contribution in [0.1, 0.15) is 139 Å². The third-order valence-corrected chi connectivity index (χ3v) is 15.3. The predicted octanol–water partition coefficient (Wildman–Crippen LogP) is 8.84. The van der Waals surface area contributed by atoms with Crippen LogP contribution in [0.4, 0.5) is 0 Å². The minimum absolute atomic E-state index is 0.0979. The van der Waals surface area contributed by atoms with Crippen LogP contribution in [-0.2, 0) is 23.9 Å². The van der Waals surface area contributed by atoms with Gasteiger partial charge in [0.25, 0.3) is 0 Å². The van der Waals surface area contributed by atoms with Gasteiger partial charge in [-0.2, -0.15) is 0 Å². The molecule has 5 saturated carbocycles. The number of aliphatic carboxylic acids is 1. The molecule has 0 radical (unpaired) electrons. The molecule has 6 aliphatic carbocycles. The van der Waals surface area contributed by atoms with Crippen LogP contribution in [0.25, 0.3) is 0 Å². The lowest BCUT2D eigenvalue weighted by Gasteiger charge is -2.65. The van der Waals surface area contributed by atoms with Crippen LogP contribution in [0, 0.1) is 57.2 Å². The summed E-state index contributed by atoms with van der Waals surface area (Å²) in [6.45, 7) is 16.6. The van der Waals surface area contributed by atoms with Gasteiger partial charge in [-0.1, -0.05) is 53.7 Å². The van der Waals surface area contributed by atoms with Gasteiger partial charge in [0.15, 0.2) is 5.78 Å². The first-order chi connectivity index (χ1) is 24.9. The summed E-state index contributed by atoms with van der Waals surface area (Å²) in [7, 11) is 1.79. The standard InChI is InChI=1S/C45H66N2O6/c1-10-11-12-34(46-9)45(23-24-45)47-36(49)19-22-44-21-17-28-29-14-16-33-42(6,7)35(53-37(50)26-41(4,5)40(51)52)18-20-43(33,8)31(29)15-13-30(28)39(44)38(27(2)3)32(48)25-44/h11-12,19,22,27-31,33,35H,10,13-18,20-21,23-26H2,1-9H3,(H,47,49)(H,51,52)/b12-11-,22-19+,46-34?. The fourth-order valence-corrected chi connectivity index (χ4v) is 12.5. The highest BCUT2D eigenvalue weighted by molar-refractivity contribution is 6.08. The van der Waals surface area contributed by atoms with Gasteiger partial charge in [0.2, 0.25) is 5.91 Å². The number of allylic oxidation sites excluding steroid dienone is 4. The maximum atomic E-state index is 13.9. The van der Waals surface area contributed by atoms with Crippen molar-refractivity contribution in [1.82, 2.24) is 5.32 Å². The van der Waals surface area contributed by atoms with Crippen molar-refractivity contribution in [2.45, 2.75) is 151 Å². The van der Waals surface area contributed by atoms with Gasteiger partial charge in [-0.25, -0.2) is 0 Å². The lowest BCUT2D eigenvalue weighted by molar-refractivity contribution is -0.195. The number of aliphatic imine (C=N–C) groups is 1. The Morgan fingerprint density at radius 2 is 1.70 bits per heavy atom. The number of esters is 1. The van der Waals surface area contributed by atoms with Crippen molar-refractivity contribution in [1.29, 1.82) is 0 Å². The second-order valence-corrected chi connectivity index (χ2v) is 19.6. The van der Waals surface area contributed by atoms with E-state index >= 15 is 0 Å². The molecule has 0 heterocycles. The molecule has 1 amide bonds. The molecule has 2 N–H and O–H groups in total. The Morgan fingerprint density at radius 3 is 2.32 bits per heavy atom. The molecule has 5 fully saturated rings. The number of Topliss-reactive ketones (excluding diaryl/α,β-unsaturated/α-hetero) is 1. The fourth-order valence-electron chi connectivity index (χ4n) is 12.5. The number of ketones is 1. The quantitative estimate of drug-likeness (QED) is 0.125. The van der Waals surface area contributed by atoms with Crippen LogP contribution in [0.2, 0.25) is 0 Å². The van der Waals surface area contributed by atoms with E-state index in [2.05, 4.69) is 64.0 Å². The predicted molar refractivity (Wildman–Crippen MR) is 208 cm³/mol. The first-order valence-electron chi connectivity index (χ1n) is 20.7. The number of hydrogen-bond acceptors (Lipinski definition) is 6. The monoisotopic (exact) mass is 730 g/mol. The summed E-state index contributed by atoms with van der Waals surface area (Å²) in [4.78, 5) is 56.7. The molecule has 6 rings (SSSR count). The van der Waals surface area contributed by atoms with Gasteiger partial charge in [0, 0.05) is 24.3 Å². The number of amides is 1. The van der Waals surface area contributed by atoms with E-state index in [0.29, 0.717) is 36.0 Å². The van der Waals surface area contributed by atoms with E-state index in [-0.39, 0.29) is 51.9 Å². The fraction of sp³-hybridized carbons (Fsp3) is 0.756. The molecular formula is C45H66N2O6. The Bertz CT molecular complexity index is 1630. The number of carbonyl (C=O) groups excluding carboxylic acids is 3. The molecular weight excluding hydrogens is 665 g/mol. The molecule has 53 heavy (non-hydrogen) atoms. The number of carboxylic acid groups (broad SMARTS) is 1. The highest BCUT2D eigenvalue weighted by Crippen LogP contribution is 2.69. The smallest absolute Gasteiger partial charge is 0.309 e.